The fraction of sp³-hybridized carbons (Fsp3) is 0.333. The number of hydrogen-bond acceptors (Lipinski definition) is 3. The number of hydrogen-bond donors (Lipinski definition) is 1. The quantitative estimate of drug-likeness (QED) is 0.857. The molecule has 5 heteroatoms. The van der Waals surface area contributed by atoms with Gasteiger partial charge in [0.1, 0.15) is 0 Å². The number of thiocarbonyl (C=S) groups is 1. The van der Waals surface area contributed by atoms with Crippen molar-refractivity contribution < 1.29 is 0 Å². The lowest BCUT2D eigenvalue weighted by atomic mass is 10.1. The zero-order chi connectivity index (χ0) is 16.2. The van der Waals surface area contributed by atoms with Gasteiger partial charge in [0.15, 0.2) is 5.11 Å². The van der Waals surface area contributed by atoms with Crippen LogP contribution in [0.3, 0.4) is 0 Å². The van der Waals surface area contributed by atoms with E-state index in [9.17, 15) is 0 Å². The van der Waals surface area contributed by atoms with Crippen LogP contribution < -0.4 is 10.2 Å². The van der Waals surface area contributed by atoms with Crippen molar-refractivity contribution in [2.75, 3.05) is 36.4 Å². The first-order valence-electron chi connectivity index (χ1n) is 7.92. The monoisotopic (exact) mass is 326 g/mol. The molecule has 1 aromatic carbocycles. The predicted molar refractivity (Wildman–Crippen MR) is 100 cm³/mol. The van der Waals surface area contributed by atoms with Crippen molar-refractivity contribution in [3.8, 4) is 0 Å². The molecule has 120 valence electrons. The Bertz CT molecular complexity index is 679. The number of rotatable bonds is 2. The van der Waals surface area contributed by atoms with Gasteiger partial charge in [-0.2, -0.15) is 0 Å². The highest BCUT2D eigenvalue weighted by molar-refractivity contribution is 7.80. The maximum atomic E-state index is 5.60. The molecule has 0 aliphatic carbocycles. The Labute approximate surface area is 143 Å². The minimum atomic E-state index is 0.813. The first-order chi connectivity index (χ1) is 11.1. The molecule has 0 amide bonds. The van der Waals surface area contributed by atoms with E-state index in [1.165, 1.54) is 16.8 Å². The molecule has 0 unspecified atom stereocenters. The van der Waals surface area contributed by atoms with Gasteiger partial charge in [-0.1, -0.05) is 12.1 Å². The number of nitrogens with one attached hydrogen (secondary N) is 1. The Morgan fingerprint density at radius 1 is 1.04 bits per heavy atom. The van der Waals surface area contributed by atoms with Gasteiger partial charge in [-0.3, -0.25) is 4.98 Å². The second-order valence-corrected chi connectivity index (χ2v) is 6.24. The van der Waals surface area contributed by atoms with Crippen molar-refractivity contribution in [2.45, 2.75) is 13.8 Å². The fourth-order valence-corrected chi connectivity index (χ4v) is 3.10. The van der Waals surface area contributed by atoms with Gasteiger partial charge in [-0.25, -0.2) is 0 Å². The van der Waals surface area contributed by atoms with Crippen LogP contribution in [0.25, 0.3) is 0 Å². The van der Waals surface area contributed by atoms with Gasteiger partial charge >= 0.3 is 0 Å². The first kappa shape index (κ1) is 15.7. The van der Waals surface area contributed by atoms with Crippen molar-refractivity contribution in [1.29, 1.82) is 0 Å². The molecule has 1 aliphatic heterocycles. The number of benzene rings is 1. The molecule has 0 saturated carbocycles. The van der Waals surface area contributed by atoms with E-state index in [1.54, 1.807) is 0 Å². The van der Waals surface area contributed by atoms with Crippen molar-refractivity contribution in [3.63, 3.8) is 0 Å². The van der Waals surface area contributed by atoms with Crippen LogP contribution in [-0.4, -0.2) is 41.2 Å². The van der Waals surface area contributed by atoms with Crippen LogP contribution >= 0.6 is 12.2 Å². The molecule has 1 aliphatic rings. The van der Waals surface area contributed by atoms with Crippen LogP contribution in [0.2, 0.25) is 0 Å². The van der Waals surface area contributed by atoms with Gasteiger partial charge in [0.25, 0.3) is 0 Å². The summed E-state index contributed by atoms with van der Waals surface area (Å²) in [5.74, 6) is 0. The summed E-state index contributed by atoms with van der Waals surface area (Å²) in [6, 6.07) is 10.4. The molecular formula is C18H22N4S. The molecule has 0 spiro atoms. The van der Waals surface area contributed by atoms with E-state index in [4.69, 9.17) is 12.2 Å². The summed E-state index contributed by atoms with van der Waals surface area (Å²) in [6.45, 7) is 8.05. The molecule has 2 heterocycles. The lowest BCUT2D eigenvalue weighted by Gasteiger charge is -2.37. The molecule has 0 radical (unpaired) electrons. The normalized spacial score (nSPS) is 14.7. The van der Waals surface area contributed by atoms with Gasteiger partial charge in [0, 0.05) is 49.9 Å². The number of nitrogens with zero attached hydrogens (tertiary/aromatic N) is 3. The van der Waals surface area contributed by atoms with Crippen LogP contribution in [0.15, 0.2) is 42.7 Å². The third-order valence-electron chi connectivity index (χ3n) is 4.44. The molecule has 2 aromatic rings. The SMILES string of the molecule is Cc1cccc(NC(=S)N2CCN(c3ccncc3)CC2)c1C. The van der Waals surface area contributed by atoms with E-state index in [2.05, 4.69) is 64.3 Å². The Morgan fingerprint density at radius 2 is 1.74 bits per heavy atom. The summed E-state index contributed by atoms with van der Waals surface area (Å²) in [6.07, 6.45) is 3.68. The molecule has 1 fully saturated rings. The second-order valence-electron chi connectivity index (χ2n) is 5.86. The van der Waals surface area contributed by atoms with Crippen LogP contribution in [-0.2, 0) is 0 Å². The fourth-order valence-electron chi connectivity index (χ4n) is 2.80. The number of pyridine rings is 1. The van der Waals surface area contributed by atoms with E-state index in [0.717, 1.165) is 37.0 Å². The van der Waals surface area contributed by atoms with E-state index >= 15 is 0 Å². The molecule has 4 nitrogen and oxygen atoms in total. The molecule has 0 bridgehead atoms. The van der Waals surface area contributed by atoms with Gasteiger partial charge in [0.05, 0.1) is 0 Å². The highest BCUT2D eigenvalue weighted by Gasteiger charge is 2.19. The Hall–Kier alpha value is -2.14. The molecule has 1 aromatic heterocycles. The van der Waals surface area contributed by atoms with Crippen LogP contribution in [0, 0.1) is 13.8 Å². The third-order valence-corrected chi connectivity index (χ3v) is 4.80. The molecular weight excluding hydrogens is 304 g/mol. The van der Waals surface area contributed by atoms with Crippen LogP contribution in [0.5, 0.6) is 0 Å². The average Bonchev–Trinajstić information content (AvgIpc) is 2.60. The van der Waals surface area contributed by atoms with Gasteiger partial charge in [-0.05, 0) is 55.4 Å². The van der Waals surface area contributed by atoms with E-state index in [0.29, 0.717) is 0 Å². The van der Waals surface area contributed by atoms with E-state index < -0.39 is 0 Å². The topological polar surface area (TPSA) is 31.4 Å². The highest BCUT2D eigenvalue weighted by atomic mass is 32.1. The number of aromatic nitrogens is 1. The number of aryl methyl sites for hydroxylation is 1. The average molecular weight is 326 g/mol. The minimum Gasteiger partial charge on any atom is -0.368 e. The molecule has 1 N–H and O–H groups in total. The minimum absolute atomic E-state index is 0.813. The van der Waals surface area contributed by atoms with Crippen LogP contribution in [0.1, 0.15) is 11.1 Å². The zero-order valence-corrected chi connectivity index (χ0v) is 14.4. The molecule has 1 saturated heterocycles. The summed E-state index contributed by atoms with van der Waals surface area (Å²) >= 11 is 5.60. The van der Waals surface area contributed by atoms with Gasteiger partial charge in [0.2, 0.25) is 0 Å². The second kappa shape index (κ2) is 6.96. The van der Waals surface area contributed by atoms with Gasteiger partial charge < -0.3 is 15.1 Å². The van der Waals surface area contributed by atoms with Crippen molar-refractivity contribution in [1.82, 2.24) is 9.88 Å². The lowest BCUT2D eigenvalue weighted by Crippen LogP contribution is -2.50. The maximum absolute atomic E-state index is 5.60. The number of anilines is 2. The van der Waals surface area contributed by atoms with E-state index in [-0.39, 0.29) is 0 Å². The lowest BCUT2D eigenvalue weighted by molar-refractivity contribution is 0.391. The Balaban J connectivity index is 1.59. The van der Waals surface area contributed by atoms with Crippen molar-refractivity contribution in [2.24, 2.45) is 0 Å². The van der Waals surface area contributed by atoms with Crippen LogP contribution in [0.4, 0.5) is 11.4 Å². The van der Waals surface area contributed by atoms with Crippen molar-refractivity contribution in [3.05, 3.63) is 53.9 Å². The Kier molecular flexibility index (Phi) is 4.76. The third kappa shape index (κ3) is 3.62. The smallest absolute Gasteiger partial charge is 0.173 e. The van der Waals surface area contributed by atoms with E-state index in [1.807, 2.05) is 12.4 Å². The largest absolute Gasteiger partial charge is 0.368 e. The highest BCUT2D eigenvalue weighted by Crippen LogP contribution is 2.19. The molecule has 23 heavy (non-hydrogen) atoms. The molecule has 0 atom stereocenters. The summed E-state index contributed by atoms with van der Waals surface area (Å²) < 4.78 is 0. The first-order valence-corrected chi connectivity index (χ1v) is 8.33. The maximum Gasteiger partial charge on any atom is 0.173 e. The molecule has 3 rings (SSSR count). The summed E-state index contributed by atoms with van der Waals surface area (Å²) in [7, 11) is 0. The predicted octanol–water partition coefficient (Wildman–Crippen LogP) is 3.22. The number of piperazine rings is 1. The van der Waals surface area contributed by atoms with Crippen molar-refractivity contribution >= 4 is 28.7 Å². The summed E-state index contributed by atoms with van der Waals surface area (Å²) in [5.41, 5.74) is 4.87. The standard InChI is InChI=1S/C18H22N4S/c1-14-4-3-5-17(15(14)2)20-18(23)22-12-10-21(11-13-22)16-6-8-19-9-7-16/h3-9H,10-13H2,1-2H3,(H,20,23). The summed E-state index contributed by atoms with van der Waals surface area (Å²) in [4.78, 5) is 8.70. The zero-order valence-electron chi connectivity index (χ0n) is 13.6. The van der Waals surface area contributed by atoms with Gasteiger partial charge in [-0.15, -0.1) is 0 Å². The summed E-state index contributed by atoms with van der Waals surface area (Å²) in [5, 5.41) is 4.22. The Morgan fingerprint density at radius 3 is 2.43 bits per heavy atom.